The van der Waals surface area contributed by atoms with Crippen LogP contribution in [0.15, 0.2) is 24.3 Å². The topological polar surface area (TPSA) is 34.1 Å². The lowest BCUT2D eigenvalue weighted by molar-refractivity contribution is -0.129. The number of allylic oxidation sites excluding steroid dienone is 2. The zero-order valence-corrected chi connectivity index (χ0v) is 15.9. The molecule has 0 N–H and O–H groups in total. The van der Waals surface area contributed by atoms with Gasteiger partial charge in [-0.05, 0) is 93.0 Å². The standard InChI is InChI=1S/C23H32O2/c1-4-11-23-13-10-20-18(21(23)8-7-19(23)15(2)24)6-5-16-14-17(25)9-12-22(16,20)3/h4,14,18-21H,1,5-13H2,2-3H3/t18-,19-,20+,21+,22+,23?/m1/s1. The molecule has 6 atom stereocenters. The van der Waals surface area contributed by atoms with Crippen molar-refractivity contribution in [2.45, 2.75) is 71.6 Å². The quantitative estimate of drug-likeness (QED) is 0.655. The summed E-state index contributed by atoms with van der Waals surface area (Å²) in [5, 5.41) is 0. The molecule has 0 heterocycles. The van der Waals surface area contributed by atoms with Gasteiger partial charge in [0.15, 0.2) is 5.78 Å². The van der Waals surface area contributed by atoms with E-state index in [1.54, 1.807) is 6.92 Å². The summed E-state index contributed by atoms with van der Waals surface area (Å²) in [4.78, 5) is 24.3. The number of hydrogen-bond acceptors (Lipinski definition) is 2. The first-order valence-corrected chi connectivity index (χ1v) is 10.3. The second-order valence-corrected chi connectivity index (χ2v) is 9.47. The molecule has 25 heavy (non-hydrogen) atoms. The van der Waals surface area contributed by atoms with E-state index < -0.39 is 0 Å². The average Bonchev–Trinajstić information content (AvgIpc) is 2.95. The largest absolute Gasteiger partial charge is 0.300 e. The van der Waals surface area contributed by atoms with Gasteiger partial charge in [-0.25, -0.2) is 0 Å². The van der Waals surface area contributed by atoms with E-state index in [0.717, 1.165) is 38.0 Å². The molecule has 0 bridgehead atoms. The summed E-state index contributed by atoms with van der Waals surface area (Å²) in [5.41, 5.74) is 1.84. The summed E-state index contributed by atoms with van der Waals surface area (Å²) in [6, 6.07) is 0. The summed E-state index contributed by atoms with van der Waals surface area (Å²) in [6.07, 6.45) is 13.8. The molecule has 0 aromatic carbocycles. The molecular formula is C23H32O2. The predicted octanol–water partition coefficient (Wildman–Crippen LogP) is 5.28. The van der Waals surface area contributed by atoms with Gasteiger partial charge in [0.25, 0.3) is 0 Å². The first-order valence-electron chi connectivity index (χ1n) is 10.3. The number of ketones is 2. The molecule has 3 saturated carbocycles. The first-order chi connectivity index (χ1) is 11.9. The molecular weight excluding hydrogens is 308 g/mol. The van der Waals surface area contributed by atoms with Crippen LogP contribution in [0.4, 0.5) is 0 Å². The molecule has 0 aromatic rings. The minimum atomic E-state index is 0.177. The maximum absolute atomic E-state index is 12.4. The van der Waals surface area contributed by atoms with Gasteiger partial charge in [-0.3, -0.25) is 9.59 Å². The number of rotatable bonds is 3. The van der Waals surface area contributed by atoms with Crippen LogP contribution in [0.3, 0.4) is 0 Å². The first kappa shape index (κ1) is 17.2. The van der Waals surface area contributed by atoms with Crippen molar-refractivity contribution in [2.24, 2.45) is 34.5 Å². The second kappa shape index (κ2) is 5.93. The monoisotopic (exact) mass is 340 g/mol. The third-order valence-electron chi connectivity index (χ3n) is 8.69. The van der Waals surface area contributed by atoms with Crippen LogP contribution in [0.5, 0.6) is 0 Å². The van der Waals surface area contributed by atoms with Crippen LogP contribution < -0.4 is 0 Å². The van der Waals surface area contributed by atoms with Crippen molar-refractivity contribution in [1.29, 1.82) is 0 Å². The van der Waals surface area contributed by atoms with Gasteiger partial charge in [0, 0.05) is 12.3 Å². The van der Waals surface area contributed by atoms with Crippen LogP contribution in [0, 0.1) is 34.5 Å². The maximum atomic E-state index is 12.4. The molecule has 0 saturated heterocycles. The highest BCUT2D eigenvalue weighted by Gasteiger charge is 2.60. The summed E-state index contributed by atoms with van der Waals surface area (Å²) in [6.45, 7) is 8.27. The molecule has 0 amide bonds. The van der Waals surface area contributed by atoms with Crippen molar-refractivity contribution >= 4 is 11.6 Å². The van der Waals surface area contributed by atoms with Gasteiger partial charge in [-0.2, -0.15) is 0 Å². The molecule has 4 rings (SSSR count). The molecule has 0 aliphatic heterocycles. The van der Waals surface area contributed by atoms with E-state index in [0.29, 0.717) is 23.4 Å². The van der Waals surface area contributed by atoms with E-state index >= 15 is 0 Å². The highest BCUT2D eigenvalue weighted by atomic mass is 16.1. The average molecular weight is 341 g/mol. The molecule has 1 unspecified atom stereocenters. The fraction of sp³-hybridized carbons (Fsp3) is 0.739. The Bertz CT molecular complexity index is 644. The zero-order chi connectivity index (χ0) is 17.8. The summed E-state index contributed by atoms with van der Waals surface area (Å²) >= 11 is 0. The van der Waals surface area contributed by atoms with Gasteiger partial charge < -0.3 is 0 Å². The molecule has 0 aromatic heterocycles. The number of carbonyl (C=O) groups excluding carboxylic acids is 2. The lowest BCUT2D eigenvalue weighted by atomic mass is 9.46. The highest BCUT2D eigenvalue weighted by molar-refractivity contribution is 5.91. The van der Waals surface area contributed by atoms with E-state index in [2.05, 4.69) is 19.6 Å². The number of carbonyl (C=O) groups is 2. The Hall–Kier alpha value is -1.18. The van der Waals surface area contributed by atoms with Crippen LogP contribution >= 0.6 is 0 Å². The number of Topliss-reactive ketones (excluding diaryl/α,β-unsaturated/α-hetero) is 1. The minimum Gasteiger partial charge on any atom is -0.300 e. The number of fused-ring (bicyclic) bond motifs is 5. The van der Waals surface area contributed by atoms with Crippen molar-refractivity contribution < 1.29 is 9.59 Å². The fourth-order valence-electron chi connectivity index (χ4n) is 7.64. The Morgan fingerprint density at radius 2 is 2.00 bits per heavy atom. The Morgan fingerprint density at radius 3 is 2.72 bits per heavy atom. The van der Waals surface area contributed by atoms with E-state index in [1.165, 1.54) is 31.3 Å². The lowest BCUT2D eigenvalue weighted by Gasteiger charge is -2.58. The summed E-state index contributed by atoms with van der Waals surface area (Å²) < 4.78 is 0. The van der Waals surface area contributed by atoms with Gasteiger partial charge in [-0.1, -0.05) is 18.6 Å². The Labute approximate surface area is 152 Å². The zero-order valence-electron chi connectivity index (χ0n) is 15.9. The smallest absolute Gasteiger partial charge is 0.155 e. The normalized spacial score (nSPS) is 45.8. The molecule has 3 fully saturated rings. The van der Waals surface area contributed by atoms with Crippen molar-refractivity contribution in [3.8, 4) is 0 Å². The van der Waals surface area contributed by atoms with Crippen molar-refractivity contribution in [1.82, 2.24) is 0 Å². The fourth-order valence-corrected chi connectivity index (χ4v) is 7.64. The molecule has 0 radical (unpaired) electrons. The van der Waals surface area contributed by atoms with Crippen molar-refractivity contribution in [3.63, 3.8) is 0 Å². The van der Waals surface area contributed by atoms with Crippen LogP contribution in [0.25, 0.3) is 0 Å². The van der Waals surface area contributed by atoms with E-state index in [9.17, 15) is 9.59 Å². The van der Waals surface area contributed by atoms with Crippen molar-refractivity contribution in [3.05, 3.63) is 24.3 Å². The van der Waals surface area contributed by atoms with Gasteiger partial charge in [0.05, 0.1) is 0 Å². The van der Waals surface area contributed by atoms with E-state index in [4.69, 9.17) is 0 Å². The highest BCUT2D eigenvalue weighted by Crippen LogP contribution is 2.67. The van der Waals surface area contributed by atoms with Crippen molar-refractivity contribution in [2.75, 3.05) is 0 Å². The van der Waals surface area contributed by atoms with Crippen LogP contribution in [-0.4, -0.2) is 11.6 Å². The van der Waals surface area contributed by atoms with Gasteiger partial charge in [-0.15, -0.1) is 6.58 Å². The van der Waals surface area contributed by atoms with E-state index in [1.807, 2.05) is 6.08 Å². The molecule has 2 heteroatoms. The SMILES string of the molecule is C=CCC12CC[C@H]3[C@@H](CCC4=CC(=O)CC[C@@]43C)[C@@H]1CC[C@@H]2C(C)=O. The Balaban J connectivity index is 1.70. The second-order valence-electron chi connectivity index (χ2n) is 9.47. The molecule has 2 nitrogen and oxygen atoms in total. The Kier molecular flexibility index (Phi) is 4.09. The van der Waals surface area contributed by atoms with Gasteiger partial charge in [0.1, 0.15) is 5.78 Å². The molecule has 4 aliphatic rings. The predicted molar refractivity (Wildman–Crippen MR) is 100 cm³/mol. The maximum Gasteiger partial charge on any atom is 0.155 e. The third kappa shape index (κ3) is 2.35. The van der Waals surface area contributed by atoms with Crippen LogP contribution in [0.1, 0.15) is 71.6 Å². The number of hydrogen-bond donors (Lipinski definition) is 0. The molecule has 4 aliphatic carbocycles. The Morgan fingerprint density at radius 1 is 1.20 bits per heavy atom. The van der Waals surface area contributed by atoms with Crippen LogP contribution in [0.2, 0.25) is 0 Å². The van der Waals surface area contributed by atoms with Crippen LogP contribution in [-0.2, 0) is 9.59 Å². The van der Waals surface area contributed by atoms with E-state index in [-0.39, 0.29) is 16.7 Å². The molecule has 0 spiro atoms. The lowest BCUT2D eigenvalue weighted by Crippen LogP contribution is -2.51. The minimum absolute atomic E-state index is 0.177. The van der Waals surface area contributed by atoms with Gasteiger partial charge in [0.2, 0.25) is 0 Å². The molecule has 136 valence electrons. The third-order valence-corrected chi connectivity index (χ3v) is 8.69. The summed E-state index contributed by atoms with van der Waals surface area (Å²) in [7, 11) is 0. The summed E-state index contributed by atoms with van der Waals surface area (Å²) in [5.74, 6) is 3.08. The van der Waals surface area contributed by atoms with Gasteiger partial charge >= 0.3 is 0 Å².